The van der Waals surface area contributed by atoms with E-state index in [2.05, 4.69) is 19.1 Å². The first-order chi connectivity index (χ1) is 9.22. The van der Waals surface area contributed by atoms with Gasteiger partial charge in [0.05, 0.1) is 0 Å². The van der Waals surface area contributed by atoms with E-state index < -0.39 is 5.97 Å². The maximum Gasteiger partial charge on any atom is 0.303 e. The smallest absolute Gasteiger partial charge is 0.303 e. The van der Waals surface area contributed by atoms with Crippen molar-refractivity contribution in [3.8, 4) is 0 Å². The zero-order chi connectivity index (χ0) is 13.9. The van der Waals surface area contributed by atoms with Crippen LogP contribution >= 0.6 is 0 Å². The third-order valence-corrected chi connectivity index (χ3v) is 3.31. The zero-order valence-electron chi connectivity index (χ0n) is 12.0. The fourth-order valence-electron chi connectivity index (χ4n) is 2.17. The van der Waals surface area contributed by atoms with Crippen LogP contribution < -0.4 is 0 Å². The molecule has 0 aromatic carbocycles. The van der Waals surface area contributed by atoms with Crippen molar-refractivity contribution in [3.05, 3.63) is 23.7 Å². The van der Waals surface area contributed by atoms with Gasteiger partial charge >= 0.3 is 5.97 Å². The summed E-state index contributed by atoms with van der Waals surface area (Å²) in [5.74, 6) is 1.49. The minimum Gasteiger partial charge on any atom is -0.481 e. The molecule has 3 nitrogen and oxygen atoms in total. The highest BCUT2D eigenvalue weighted by atomic mass is 16.4. The van der Waals surface area contributed by atoms with E-state index >= 15 is 0 Å². The molecule has 0 radical (unpaired) electrons. The number of aliphatic carboxylic acids is 1. The minimum absolute atomic E-state index is 0.294. The van der Waals surface area contributed by atoms with Gasteiger partial charge in [0, 0.05) is 19.3 Å². The molecule has 0 amide bonds. The Hall–Kier alpha value is -1.25. The van der Waals surface area contributed by atoms with E-state index in [-0.39, 0.29) is 0 Å². The monoisotopic (exact) mass is 266 g/mol. The van der Waals surface area contributed by atoms with Crippen LogP contribution in [0, 0.1) is 0 Å². The van der Waals surface area contributed by atoms with Gasteiger partial charge < -0.3 is 9.52 Å². The number of aryl methyl sites for hydroxylation is 2. The Morgan fingerprint density at radius 1 is 1.00 bits per heavy atom. The highest BCUT2D eigenvalue weighted by molar-refractivity contribution is 5.66. The molecule has 3 heteroatoms. The molecule has 0 saturated heterocycles. The highest BCUT2D eigenvalue weighted by Gasteiger charge is 2.02. The summed E-state index contributed by atoms with van der Waals surface area (Å²) < 4.78 is 5.78. The summed E-state index contributed by atoms with van der Waals surface area (Å²) in [6.45, 7) is 2.21. The van der Waals surface area contributed by atoms with Crippen molar-refractivity contribution < 1.29 is 14.3 Å². The van der Waals surface area contributed by atoms with E-state index in [0.29, 0.717) is 6.42 Å². The molecule has 0 bridgehead atoms. The molecule has 0 aliphatic heterocycles. The van der Waals surface area contributed by atoms with Crippen molar-refractivity contribution in [2.45, 2.75) is 71.1 Å². The van der Waals surface area contributed by atoms with Gasteiger partial charge in [0.15, 0.2) is 0 Å². The van der Waals surface area contributed by atoms with Crippen LogP contribution in [0.15, 0.2) is 16.5 Å². The minimum atomic E-state index is -0.692. The van der Waals surface area contributed by atoms with Crippen LogP contribution in [-0.4, -0.2) is 11.1 Å². The molecule has 1 rings (SSSR count). The van der Waals surface area contributed by atoms with Gasteiger partial charge in [-0.05, 0) is 31.4 Å². The summed E-state index contributed by atoms with van der Waals surface area (Å²) in [7, 11) is 0. The molecule has 1 heterocycles. The van der Waals surface area contributed by atoms with Crippen molar-refractivity contribution in [1.29, 1.82) is 0 Å². The van der Waals surface area contributed by atoms with Crippen molar-refractivity contribution in [2.24, 2.45) is 0 Å². The quantitative estimate of drug-likeness (QED) is 0.596. The molecule has 0 aliphatic carbocycles. The number of rotatable bonds is 11. The number of hydrogen-bond acceptors (Lipinski definition) is 2. The number of carbonyl (C=O) groups is 1. The second-order valence-corrected chi connectivity index (χ2v) is 5.13. The molecular formula is C16H26O3. The Kier molecular flexibility index (Phi) is 8.03. The number of hydrogen-bond donors (Lipinski definition) is 1. The number of unbranched alkanes of at least 4 members (excludes halogenated alkanes) is 5. The normalized spacial score (nSPS) is 10.8. The van der Waals surface area contributed by atoms with E-state index in [9.17, 15) is 4.79 Å². The van der Waals surface area contributed by atoms with Gasteiger partial charge in [0.25, 0.3) is 0 Å². The maximum absolute atomic E-state index is 10.3. The van der Waals surface area contributed by atoms with E-state index in [4.69, 9.17) is 9.52 Å². The van der Waals surface area contributed by atoms with Crippen LogP contribution in [0.25, 0.3) is 0 Å². The Balaban J connectivity index is 2.07. The van der Waals surface area contributed by atoms with E-state index in [1.54, 1.807) is 0 Å². The molecule has 0 fully saturated rings. The lowest BCUT2D eigenvalue weighted by molar-refractivity contribution is -0.137. The molecule has 1 aromatic heterocycles. The number of carboxylic acid groups (broad SMARTS) is 1. The van der Waals surface area contributed by atoms with Gasteiger partial charge in [-0.2, -0.15) is 0 Å². The first-order valence-electron chi connectivity index (χ1n) is 7.51. The van der Waals surface area contributed by atoms with Crippen LogP contribution in [0.1, 0.15) is 69.8 Å². The van der Waals surface area contributed by atoms with Crippen molar-refractivity contribution >= 4 is 5.97 Å². The predicted molar refractivity (Wildman–Crippen MR) is 76.4 cm³/mol. The van der Waals surface area contributed by atoms with Gasteiger partial charge in [0.1, 0.15) is 11.5 Å². The lowest BCUT2D eigenvalue weighted by Crippen LogP contribution is -1.93. The van der Waals surface area contributed by atoms with Crippen LogP contribution in [0.2, 0.25) is 0 Å². The molecule has 1 N–H and O–H groups in total. The summed E-state index contributed by atoms with van der Waals surface area (Å²) in [6.07, 6.45) is 9.98. The number of carboxylic acids is 1. The SMILES string of the molecule is CCCCCc1ccc(CCCCCCC(=O)O)o1. The largest absolute Gasteiger partial charge is 0.481 e. The maximum atomic E-state index is 10.3. The Bertz CT molecular complexity index is 355. The average Bonchev–Trinajstić information content (AvgIpc) is 2.81. The Morgan fingerprint density at radius 2 is 1.58 bits per heavy atom. The second kappa shape index (κ2) is 9.65. The molecule has 0 unspecified atom stereocenters. The lowest BCUT2D eigenvalue weighted by Gasteiger charge is -1.99. The zero-order valence-corrected chi connectivity index (χ0v) is 12.0. The topological polar surface area (TPSA) is 50.4 Å². The summed E-state index contributed by atoms with van der Waals surface area (Å²) in [4.78, 5) is 10.3. The van der Waals surface area contributed by atoms with Gasteiger partial charge in [-0.3, -0.25) is 4.79 Å². The first kappa shape index (κ1) is 15.8. The lowest BCUT2D eigenvalue weighted by atomic mass is 10.1. The molecule has 0 spiro atoms. The van der Waals surface area contributed by atoms with Crippen molar-refractivity contribution in [1.82, 2.24) is 0 Å². The van der Waals surface area contributed by atoms with Gasteiger partial charge in [0.2, 0.25) is 0 Å². The molecule has 108 valence electrons. The second-order valence-electron chi connectivity index (χ2n) is 5.13. The molecule has 1 aromatic rings. The van der Waals surface area contributed by atoms with E-state index in [0.717, 1.165) is 50.0 Å². The standard InChI is InChI=1S/C16H26O3/c1-2-3-6-9-14-12-13-15(19-14)10-7-4-5-8-11-16(17)18/h12-13H,2-11H2,1H3,(H,17,18). The van der Waals surface area contributed by atoms with Gasteiger partial charge in [-0.1, -0.05) is 32.6 Å². The summed E-state index contributed by atoms with van der Waals surface area (Å²) in [5, 5.41) is 8.52. The third kappa shape index (κ3) is 7.70. The molecule has 19 heavy (non-hydrogen) atoms. The Morgan fingerprint density at radius 3 is 2.16 bits per heavy atom. The molecule has 0 aliphatic rings. The summed E-state index contributed by atoms with van der Waals surface area (Å²) >= 11 is 0. The molecule has 0 saturated carbocycles. The number of furan rings is 1. The van der Waals surface area contributed by atoms with Crippen LogP contribution in [0.5, 0.6) is 0 Å². The van der Waals surface area contributed by atoms with Crippen LogP contribution in [0.3, 0.4) is 0 Å². The van der Waals surface area contributed by atoms with Gasteiger partial charge in [-0.15, -0.1) is 0 Å². The van der Waals surface area contributed by atoms with Crippen molar-refractivity contribution in [2.75, 3.05) is 0 Å². The summed E-state index contributed by atoms with van der Waals surface area (Å²) in [6, 6.07) is 4.17. The first-order valence-corrected chi connectivity index (χ1v) is 7.51. The van der Waals surface area contributed by atoms with Crippen LogP contribution in [-0.2, 0) is 17.6 Å². The fourth-order valence-corrected chi connectivity index (χ4v) is 2.17. The highest BCUT2D eigenvalue weighted by Crippen LogP contribution is 2.15. The predicted octanol–water partition coefficient (Wildman–Crippen LogP) is 4.59. The Labute approximate surface area is 116 Å². The van der Waals surface area contributed by atoms with Gasteiger partial charge in [-0.25, -0.2) is 0 Å². The fraction of sp³-hybridized carbons (Fsp3) is 0.688. The van der Waals surface area contributed by atoms with E-state index in [1.165, 1.54) is 19.3 Å². The molecule has 0 atom stereocenters. The average molecular weight is 266 g/mol. The van der Waals surface area contributed by atoms with Crippen molar-refractivity contribution in [3.63, 3.8) is 0 Å². The van der Waals surface area contributed by atoms with Crippen LogP contribution in [0.4, 0.5) is 0 Å². The third-order valence-electron chi connectivity index (χ3n) is 3.31. The van der Waals surface area contributed by atoms with E-state index in [1.807, 2.05) is 0 Å². The summed E-state index contributed by atoms with van der Waals surface area (Å²) in [5.41, 5.74) is 0. The molecular weight excluding hydrogens is 240 g/mol.